The van der Waals surface area contributed by atoms with Gasteiger partial charge in [-0.3, -0.25) is 0 Å². The predicted molar refractivity (Wildman–Crippen MR) is 48.6 cm³/mol. The molecule has 1 N–H and O–H groups in total. The zero-order chi connectivity index (χ0) is 9.12. The second-order valence-electron chi connectivity index (χ2n) is 3.76. The minimum atomic E-state index is -0.956. The molecule has 0 amide bonds. The highest BCUT2D eigenvalue weighted by atomic mass is 35.5. The third kappa shape index (κ3) is 3.14. The second kappa shape index (κ2) is 3.47. The molecule has 0 spiro atoms. The molecule has 0 aliphatic rings. The molecule has 0 saturated heterocycles. The molecule has 1 nitrogen and oxygen atoms in total. The van der Waals surface area contributed by atoms with Gasteiger partial charge < -0.3 is 5.11 Å². The molecule has 0 fully saturated rings. The largest absolute Gasteiger partial charge is 0.377 e. The molecule has 0 aliphatic heterocycles. The van der Waals surface area contributed by atoms with Gasteiger partial charge in [-0.25, -0.2) is 0 Å². The van der Waals surface area contributed by atoms with Crippen LogP contribution in [-0.2, 0) is 0 Å². The van der Waals surface area contributed by atoms with E-state index in [1.807, 2.05) is 20.8 Å². The first-order valence-corrected chi connectivity index (χ1v) is 4.13. The van der Waals surface area contributed by atoms with E-state index in [1.54, 1.807) is 6.92 Å². The van der Waals surface area contributed by atoms with E-state index in [-0.39, 0.29) is 11.3 Å². The first kappa shape index (κ1) is 10.8. The van der Waals surface area contributed by atoms with Gasteiger partial charge in [-0.2, -0.15) is 0 Å². The quantitative estimate of drug-likeness (QED) is 0.440. The summed E-state index contributed by atoms with van der Waals surface area (Å²) in [6.07, 6.45) is 0. The van der Waals surface area contributed by atoms with Crippen molar-refractivity contribution in [3.63, 3.8) is 0 Å². The van der Waals surface area contributed by atoms with Crippen molar-refractivity contribution in [2.24, 2.45) is 5.41 Å². The molecule has 11 heavy (non-hydrogen) atoms. The Morgan fingerprint density at radius 2 is 1.73 bits per heavy atom. The van der Waals surface area contributed by atoms with Crippen LogP contribution in [0.15, 0.2) is 0 Å². The van der Waals surface area contributed by atoms with Gasteiger partial charge in [0.15, 0.2) is 0 Å². The van der Waals surface area contributed by atoms with E-state index in [4.69, 9.17) is 11.6 Å². The molecule has 0 unspecified atom stereocenters. The van der Waals surface area contributed by atoms with Crippen LogP contribution < -0.4 is 0 Å². The highest BCUT2D eigenvalue weighted by molar-refractivity contribution is 6.19. The summed E-state index contributed by atoms with van der Waals surface area (Å²) < 4.78 is 0. The summed E-state index contributed by atoms with van der Waals surface area (Å²) in [5.41, 5.74) is -1.19. The van der Waals surface area contributed by atoms with E-state index >= 15 is 0 Å². The number of hydrogen-bond donors (Lipinski definition) is 1. The Morgan fingerprint density at radius 3 is 2.00 bits per heavy atom. The third-order valence-electron chi connectivity index (χ3n) is 1.86. The number of aliphatic hydroxyl groups is 1. The Hall–Kier alpha value is -0.190. The molecule has 2 heteroatoms. The normalized spacial score (nSPS) is 16.5. The molecule has 0 rings (SSSR count). The van der Waals surface area contributed by atoms with E-state index in [9.17, 15) is 5.11 Å². The summed E-state index contributed by atoms with van der Waals surface area (Å²) in [5.74, 6) is 5.65. The zero-order valence-electron chi connectivity index (χ0n) is 7.53. The van der Waals surface area contributed by atoms with Crippen molar-refractivity contribution in [2.45, 2.75) is 33.3 Å². The maximum absolute atomic E-state index is 9.75. The van der Waals surface area contributed by atoms with Crippen LogP contribution in [0, 0.1) is 17.3 Å². The lowest BCUT2D eigenvalue weighted by atomic mass is 9.78. The average molecular weight is 175 g/mol. The van der Waals surface area contributed by atoms with Crippen molar-refractivity contribution in [3.8, 4) is 11.8 Å². The molecule has 0 aromatic rings. The topological polar surface area (TPSA) is 20.2 Å². The molecule has 0 aromatic heterocycles. The lowest BCUT2D eigenvalue weighted by molar-refractivity contribution is 0.0128. The van der Waals surface area contributed by atoms with E-state index in [0.29, 0.717) is 0 Å². The van der Waals surface area contributed by atoms with Gasteiger partial charge in [0.25, 0.3) is 0 Å². The number of halogens is 1. The molecular formula is C9H15ClO. The highest BCUT2D eigenvalue weighted by Crippen LogP contribution is 2.28. The maximum atomic E-state index is 9.75. The van der Waals surface area contributed by atoms with Crippen molar-refractivity contribution < 1.29 is 5.11 Å². The van der Waals surface area contributed by atoms with Crippen LogP contribution in [0.1, 0.15) is 27.7 Å². The van der Waals surface area contributed by atoms with Gasteiger partial charge in [-0.1, -0.05) is 32.6 Å². The van der Waals surface area contributed by atoms with Gasteiger partial charge in [0.1, 0.15) is 5.60 Å². The van der Waals surface area contributed by atoms with Crippen molar-refractivity contribution in [1.29, 1.82) is 0 Å². The summed E-state index contributed by atoms with van der Waals surface area (Å²) in [7, 11) is 0. The first-order chi connectivity index (χ1) is 4.81. The van der Waals surface area contributed by atoms with E-state index in [1.165, 1.54) is 0 Å². The van der Waals surface area contributed by atoms with E-state index < -0.39 is 5.60 Å². The van der Waals surface area contributed by atoms with Crippen LogP contribution in [0.25, 0.3) is 0 Å². The Balaban J connectivity index is 4.47. The van der Waals surface area contributed by atoms with Crippen LogP contribution in [0.3, 0.4) is 0 Å². The molecule has 64 valence electrons. The highest BCUT2D eigenvalue weighted by Gasteiger charge is 2.33. The van der Waals surface area contributed by atoms with Crippen LogP contribution in [-0.4, -0.2) is 16.6 Å². The van der Waals surface area contributed by atoms with Crippen molar-refractivity contribution in [1.82, 2.24) is 0 Å². The number of hydrogen-bond acceptors (Lipinski definition) is 1. The molecule has 1 atom stereocenters. The molecule has 0 saturated carbocycles. The zero-order valence-corrected chi connectivity index (χ0v) is 8.29. The van der Waals surface area contributed by atoms with Crippen LogP contribution >= 0.6 is 11.6 Å². The fraction of sp³-hybridized carbons (Fsp3) is 0.778. The third-order valence-corrected chi connectivity index (χ3v) is 1.99. The fourth-order valence-electron chi connectivity index (χ4n) is 0.393. The minimum absolute atomic E-state index is 0.230. The Kier molecular flexibility index (Phi) is 3.41. The van der Waals surface area contributed by atoms with E-state index in [2.05, 4.69) is 11.8 Å². The van der Waals surface area contributed by atoms with Crippen molar-refractivity contribution in [2.75, 3.05) is 5.88 Å². The summed E-state index contributed by atoms with van der Waals surface area (Å²) in [4.78, 5) is 0. The minimum Gasteiger partial charge on any atom is -0.377 e. The standard InChI is InChI=1S/C9H15ClO/c1-8(2,3)9(4,11)6-5-7-10/h11H,7H2,1-4H3/t9-/m1/s1. The van der Waals surface area contributed by atoms with Crippen molar-refractivity contribution in [3.05, 3.63) is 0 Å². The SMILES string of the molecule is CC(C)(C)[C@](C)(O)C#CCCl. The molecule has 0 aromatic carbocycles. The molecular weight excluding hydrogens is 160 g/mol. The molecule has 0 aliphatic carbocycles. The van der Waals surface area contributed by atoms with Crippen LogP contribution in [0.5, 0.6) is 0 Å². The molecule has 0 radical (unpaired) electrons. The molecule has 0 bridgehead atoms. The number of rotatable bonds is 0. The second-order valence-corrected chi connectivity index (χ2v) is 4.02. The lowest BCUT2D eigenvalue weighted by Gasteiger charge is -2.32. The maximum Gasteiger partial charge on any atom is 0.127 e. The van der Waals surface area contributed by atoms with Crippen LogP contribution in [0.2, 0.25) is 0 Å². The summed E-state index contributed by atoms with van der Waals surface area (Å²) >= 11 is 5.37. The van der Waals surface area contributed by atoms with Gasteiger partial charge in [0, 0.05) is 5.41 Å². The monoisotopic (exact) mass is 174 g/mol. The first-order valence-electron chi connectivity index (χ1n) is 3.59. The fourth-order valence-corrected chi connectivity index (χ4v) is 0.460. The summed E-state index contributed by atoms with van der Waals surface area (Å²) in [6.45, 7) is 7.52. The van der Waals surface area contributed by atoms with Gasteiger partial charge >= 0.3 is 0 Å². The van der Waals surface area contributed by atoms with E-state index in [0.717, 1.165) is 0 Å². The summed E-state index contributed by atoms with van der Waals surface area (Å²) in [6, 6.07) is 0. The smallest absolute Gasteiger partial charge is 0.127 e. The van der Waals surface area contributed by atoms with Gasteiger partial charge in [0.05, 0.1) is 5.88 Å². The molecule has 0 heterocycles. The average Bonchev–Trinajstić information content (AvgIpc) is 1.81. The van der Waals surface area contributed by atoms with Crippen LogP contribution in [0.4, 0.5) is 0 Å². The lowest BCUT2D eigenvalue weighted by Crippen LogP contribution is -2.38. The Bertz CT molecular complexity index is 178. The van der Waals surface area contributed by atoms with Gasteiger partial charge in [-0.05, 0) is 6.92 Å². The van der Waals surface area contributed by atoms with Crippen molar-refractivity contribution >= 4 is 11.6 Å². The Morgan fingerprint density at radius 1 is 1.27 bits per heavy atom. The van der Waals surface area contributed by atoms with Gasteiger partial charge in [0.2, 0.25) is 0 Å². The summed E-state index contributed by atoms with van der Waals surface area (Å²) in [5, 5.41) is 9.75. The number of alkyl halides is 1. The predicted octanol–water partition coefficient (Wildman–Crippen LogP) is 2.03. The Labute approximate surface area is 73.8 Å². The van der Waals surface area contributed by atoms with Gasteiger partial charge in [-0.15, -0.1) is 11.6 Å².